The van der Waals surface area contributed by atoms with Crippen molar-refractivity contribution < 1.29 is 8.78 Å². The maximum Gasteiger partial charge on any atom is 0.150 e. The summed E-state index contributed by atoms with van der Waals surface area (Å²) in [6, 6.07) is 1.82. The summed E-state index contributed by atoms with van der Waals surface area (Å²) in [6.07, 6.45) is 4.58. The van der Waals surface area contributed by atoms with Gasteiger partial charge in [0.15, 0.2) is 5.82 Å². The van der Waals surface area contributed by atoms with E-state index in [4.69, 9.17) is 11.6 Å². The fraction of sp³-hybridized carbons (Fsp3) is 0.0909. The normalized spacial score (nSPS) is 10.3. The second-order valence-electron chi connectivity index (χ2n) is 3.34. The quantitative estimate of drug-likeness (QED) is 0.916. The van der Waals surface area contributed by atoms with Gasteiger partial charge in [0.2, 0.25) is 0 Å². The first-order chi connectivity index (χ1) is 8.16. The van der Waals surface area contributed by atoms with E-state index in [1.54, 1.807) is 12.4 Å². The highest BCUT2D eigenvalue weighted by atomic mass is 35.5. The van der Waals surface area contributed by atoms with Gasteiger partial charge in [-0.25, -0.2) is 18.7 Å². The molecule has 17 heavy (non-hydrogen) atoms. The van der Waals surface area contributed by atoms with E-state index in [0.29, 0.717) is 6.54 Å². The van der Waals surface area contributed by atoms with Crippen molar-refractivity contribution in [1.82, 2.24) is 9.97 Å². The Balaban J connectivity index is 2.15. The van der Waals surface area contributed by atoms with Crippen molar-refractivity contribution in [3.63, 3.8) is 0 Å². The van der Waals surface area contributed by atoms with Gasteiger partial charge < -0.3 is 5.32 Å². The van der Waals surface area contributed by atoms with Gasteiger partial charge in [-0.1, -0.05) is 11.6 Å². The number of aromatic nitrogens is 2. The van der Waals surface area contributed by atoms with Gasteiger partial charge in [0, 0.05) is 30.6 Å². The van der Waals surface area contributed by atoms with Crippen LogP contribution >= 0.6 is 11.6 Å². The number of anilines is 1. The molecular weight excluding hydrogens is 248 g/mol. The minimum absolute atomic E-state index is 0.000602. The molecule has 0 fully saturated rings. The molecule has 0 aliphatic carbocycles. The fourth-order valence-electron chi connectivity index (χ4n) is 1.32. The number of benzene rings is 1. The SMILES string of the molecule is Fc1cc(F)c(NCc2cncnc2)c(Cl)c1. The van der Waals surface area contributed by atoms with Crippen LogP contribution in [-0.2, 0) is 6.54 Å². The number of rotatable bonds is 3. The van der Waals surface area contributed by atoms with Gasteiger partial charge in [0.1, 0.15) is 12.1 Å². The van der Waals surface area contributed by atoms with E-state index in [9.17, 15) is 8.78 Å². The summed E-state index contributed by atoms with van der Waals surface area (Å²) in [6.45, 7) is 0.309. The van der Waals surface area contributed by atoms with Crippen LogP contribution in [0.3, 0.4) is 0 Å². The van der Waals surface area contributed by atoms with Gasteiger partial charge in [-0.05, 0) is 6.07 Å². The molecule has 0 aliphatic rings. The molecular formula is C11H8ClF2N3. The average molecular weight is 256 g/mol. The van der Waals surface area contributed by atoms with Crippen LogP contribution in [0.2, 0.25) is 5.02 Å². The van der Waals surface area contributed by atoms with Crippen LogP contribution in [0.4, 0.5) is 14.5 Å². The summed E-state index contributed by atoms with van der Waals surface area (Å²) in [7, 11) is 0. The van der Waals surface area contributed by atoms with E-state index in [1.165, 1.54) is 6.33 Å². The molecule has 0 atom stereocenters. The largest absolute Gasteiger partial charge is 0.377 e. The zero-order chi connectivity index (χ0) is 12.3. The lowest BCUT2D eigenvalue weighted by atomic mass is 10.2. The molecule has 6 heteroatoms. The second kappa shape index (κ2) is 5.05. The van der Waals surface area contributed by atoms with Crippen LogP contribution in [0.15, 0.2) is 30.9 Å². The third-order valence-electron chi connectivity index (χ3n) is 2.09. The molecule has 1 N–H and O–H groups in total. The van der Waals surface area contributed by atoms with Crippen molar-refractivity contribution in [1.29, 1.82) is 0 Å². The first-order valence-electron chi connectivity index (χ1n) is 4.79. The third-order valence-corrected chi connectivity index (χ3v) is 2.39. The molecule has 2 aromatic rings. The standard InChI is InChI=1S/C11H8ClF2N3/c12-9-1-8(13)2-10(14)11(9)17-5-7-3-15-6-16-4-7/h1-4,6,17H,5H2. The number of nitrogens with one attached hydrogen (secondary N) is 1. The average Bonchev–Trinajstić information content (AvgIpc) is 2.29. The van der Waals surface area contributed by atoms with Crippen LogP contribution < -0.4 is 5.32 Å². The highest BCUT2D eigenvalue weighted by Crippen LogP contribution is 2.26. The summed E-state index contributed by atoms with van der Waals surface area (Å²) in [4.78, 5) is 7.64. The molecule has 0 amide bonds. The number of hydrogen-bond acceptors (Lipinski definition) is 3. The lowest BCUT2D eigenvalue weighted by Crippen LogP contribution is -2.03. The van der Waals surface area contributed by atoms with Crippen molar-refractivity contribution in [2.24, 2.45) is 0 Å². The highest BCUT2D eigenvalue weighted by Gasteiger charge is 2.09. The predicted molar refractivity (Wildman–Crippen MR) is 60.7 cm³/mol. The monoisotopic (exact) mass is 255 g/mol. The van der Waals surface area contributed by atoms with Gasteiger partial charge in [-0.3, -0.25) is 0 Å². The zero-order valence-corrected chi connectivity index (χ0v) is 9.38. The molecule has 0 saturated carbocycles. The van der Waals surface area contributed by atoms with Gasteiger partial charge in [-0.15, -0.1) is 0 Å². The van der Waals surface area contributed by atoms with Crippen molar-refractivity contribution >= 4 is 17.3 Å². The Hall–Kier alpha value is -1.75. The molecule has 0 unspecified atom stereocenters. The highest BCUT2D eigenvalue weighted by molar-refractivity contribution is 6.33. The second-order valence-corrected chi connectivity index (χ2v) is 3.75. The maximum atomic E-state index is 13.4. The maximum absolute atomic E-state index is 13.4. The van der Waals surface area contributed by atoms with Gasteiger partial charge >= 0.3 is 0 Å². The van der Waals surface area contributed by atoms with Crippen LogP contribution in [0.1, 0.15) is 5.56 Å². The van der Waals surface area contributed by atoms with E-state index in [1.807, 2.05) is 0 Å². The van der Waals surface area contributed by atoms with E-state index >= 15 is 0 Å². The molecule has 0 bridgehead atoms. The summed E-state index contributed by atoms with van der Waals surface area (Å²) in [5, 5.41) is 2.77. The fourth-order valence-corrected chi connectivity index (χ4v) is 1.58. The molecule has 1 heterocycles. The van der Waals surface area contributed by atoms with Crippen LogP contribution in [-0.4, -0.2) is 9.97 Å². The van der Waals surface area contributed by atoms with Crippen molar-refractivity contribution in [2.45, 2.75) is 6.54 Å². The first kappa shape index (κ1) is 11.7. The zero-order valence-electron chi connectivity index (χ0n) is 8.62. The molecule has 0 radical (unpaired) electrons. The number of hydrogen-bond donors (Lipinski definition) is 1. The lowest BCUT2D eigenvalue weighted by Gasteiger charge is -2.09. The minimum atomic E-state index is -0.730. The third kappa shape index (κ3) is 2.88. The Morgan fingerprint density at radius 2 is 1.88 bits per heavy atom. The summed E-state index contributed by atoms with van der Waals surface area (Å²) in [5.74, 6) is -1.44. The first-order valence-corrected chi connectivity index (χ1v) is 5.17. The Labute approximate surface area is 101 Å². The molecule has 1 aromatic carbocycles. The van der Waals surface area contributed by atoms with Gasteiger partial charge in [0.25, 0.3) is 0 Å². The summed E-state index contributed by atoms with van der Waals surface area (Å²) in [5.41, 5.74) is 0.837. The lowest BCUT2D eigenvalue weighted by molar-refractivity contribution is 0.585. The van der Waals surface area contributed by atoms with Crippen LogP contribution in [0.25, 0.3) is 0 Å². The van der Waals surface area contributed by atoms with Crippen molar-refractivity contribution in [2.75, 3.05) is 5.32 Å². The molecule has 2 rings (SSSR count). The van der Waals surface area contributed by atoms with Crippen LogP contribution in [0.5, 0.6) is 0 Å². The topological polar surface area (TPSA) is 37.8 Å². The molecule has 0 spiro atoms. The molecule has 0 saturated heterocycles. The van der Waals surface area contributed by atoms with Crippen LogP contribution in [0, 0.1) is 11.6 Å². The molecule has 1 aromatic heterocycles. The van der Waals surface area contributed by atoms with E-state index < -0.39 is 11.6 Å². The Morgan fingerprint density at radius 3 is 2.53 bits per heavy atom. The number of halogens is 3. The Bertz CT molecular complexity index is 496. The Morgan fingerprint density at radius 1 is 1.18 bits per heavy atom. The molecule has 88 valence electrons. The summed E-state index contributed by atoms with van der Waals surface area (Å²) >= 11 is 5.73. The predicted octanol–water partition coefficient (Wildman–Crippen LogP) is 3.02. The smallest absolute Gasteiger partial charge is 0.150 e. The van der Waals surface area contributed by atoms with Crippen molar-refractivity contribution in [3.8, 4) is 0 Å². The molecule has 3 nitrogen and oxygen atoms in total. The molecule has 0 aliphatic heterocycles. The van der Waals surface area contributed by atoms with Gasteiger partial charge in [-0.2, -0.15) is 0 Å². The van der Waals surface area contributed by atoms with E-state index in [2.05, 4.69) is 15.3 Å². The number of nitrogens with zero attached hydrogens (tertiary/aromatic N) is 2. The summed E-state index contributed by atoms with van der Waals surface area (Å²) < 4.78 is 26.2. The van der Waals surface area contributed by atoms with E-state index in [0.717, 1.165) is 17.7 Å². The van der Waals surface area contributed by atoms with E-state index in [-0.39, 0.29) is 10.7 Å². The van der Waals surface area contributed by atoms with Crippen molar-refractivity contribution in [3.05, 3.63) is 53.1 Å². The Kier molecular flexibility index (Phi) is 3.49. The minimum Gasteiger partial charge on any atom is -0.377 e. The van der Waals surface area contributed by atoms with Gasteiger partial charge in [0.05, 0.1) is 10.7 Å².